The molecule has 2 unspecified atom stereocenters. The lowest BCUT2D eigenvalue weighted by Gasteiger charge is -2.16. The summed E-state index contributed by atoms with van der Waals surface area (Å²) in [5.74, 6) is -5.17. The Morgan fingerprint density at radius 1 is 1.24 bits per heavy atom. The number of benzene rings is 1. The first kappa shape index (κ1) is 13.3. The Kier molecular flexibility index (Phi) is 3.97. The second-order valence-corrected chi connectivity index (χ2v) is 3.44. The first-order chi connectivity index (χ1) is 7.82. The number of hydrogen-bond donors (Lipinski definition) is 4. The van der Waals surface area contributed by atoms with Gasteiger partial charge >= 0.3 is 5.97 Å². The van der Waals surface area contributed by atoms with Crippen molar-refractivity contribution in [1.29, 1.82) is 0 Å². The third-order valence-corrected chi connectivity index (χ3v) is 2.13. The van der Waals surface area contributed by atoms with Crippen LogP contribution in [0.15, 0.2) is 12.1 Å². The van der Waals surface area contributed by atoms with Crippen molar-refractivity contribution in [2.24, 2.45) is 0 Å². The van der Waals surface area contributed by atoms with Crippen molar-refractivity contribution in [3.63, 3.8) is 0 Å². The fraction of sp³-hybridized carbons (Fsp3) is 0.300. The molecule has 5 nitrogen and oxygen atoms in total. The summed E-state index contributed by atoms with van der Waals surface area (Å²) in [6.07, 6.45) is -4.22. The number of aromatic hydroxyl groups is 1. The molecule has 4 N–H and O–H groups in total. The Bertz CT molecular complexity index is 412. The Hall–Kier alpha value is -1.73. The topological polar surface area (TPSA) is 98.0 Å². The molecule has 0 amide bonds. The molecule has 1 aromatic rings. The van der Waals surface area contributed by atoms with Crippen LogP contribution in [0.3, 0.4) is 0 Å². The van der Waals surface area contributed by atoms with Gasteiger partial charge in [0.25, 0.3) is 0 Å². The van der Waals surface area contributed by atoms with Gasteiger partial charge in [-0.15, -0.1) is 0 Å². The number of aliphatic carboxylic acids is 1. The van der Waals surface area contributed by atoms with Gasteiger partial charge in [-0.1, -0.05) is 0 Å². The largest absolute Gasteiger partial charge is 0.503 e. The van der Waals surface area contributed by atoms with Gasteiger partial charge in [-0.3, -0.25) is 4.79 Å². The van der Waals surface area contributed by atoms with E-state index in [2.05, 4.69) is 0 Å². The summed E-state index contributed by atoms with van der Waals surface area (Å²) in [6.45, 7) is 0. The van der Waals surface area contributed by atoms with E-state index in [1.807, 2.05) is 0 Å². The summed E-state index contributed by atoms with van der Waals surface area (Å²) in [6, 6.07) is 1.24. The van der Waals surface area contributed by atoms with Gasteiger partial charge in [0.15, 0.2) is 17.4 Å². The van der Waals surface area contributed by atoms with Crippen molar-refractivity contribution in [1.82, 2.24) is 0 Å². The second-order valence-electron chi connectivity index (χ2n) is 3.44. The Labute approximate surface area is 94.6 Å². The quantitative estimate of drug-likeness (QED) is 0.623. The van der Waals surface area contributed by atoms with E-state index in [1.165, 1.54) is 0 Å². The van der Waals surface area contributed by atoms with Crippen molar-refractivity contribution in [3.8, 4) is 5.75 Å². The maximum atomic E-state index is 12.9. The van der Waals surface area contributed by atoms with Crippen LogP contribution in [0.1, 0.15) is 18.1 Å². The summed E-state index contributed by atoms with van der Waals surface area (Å²) in [4.78, 5) is 10.3. The Morgan fingerprint density at radius 2 is 1.71 bits per heavy atom. The summed E-state index contributed by atoms with van der Waals surface area (Å²) >= 11 is 0. The predicted molar refractivity (Wildman–Crippen MR) is 51.2 cm³/mol. The van der Waals surface area contributed by atoms with E-state index in [1.54, 1.807) is 0 Å². The molecular formula is C10H10F2O5. The van der Waals surface area contributed by atoms with E-state index in [9.17, 15) is 23.8 Å². The zero-order valence-corrected chi connectivity index (χ0v) is 8.47. The van der Waals surface area contributed by atoms with Crippen molar-refractivity contribution in [2.45, 2.75) is 18.6 Å². The van der Waals surface area contributed by atoms with Gasteiger partial charge in [0.05, 0.1) is 12.5 Å². The van der Waals surface area contributed by atoms with Crippen LogP contribution in [0, 0.1) is 11.6 Å². The van der Waals surface area contributed by atoms with E-state index in [0.29, 0.717) is 12.1 Å². The molecule has 0 heterocycles. The van der Waals surface area contributed by atoms with Crippen LogP contribution >= 0.6 is 0 Å². The van der Waals surface area contributed by atoms with Gasteiger partial charge in [0, 0.05) is 0 Å². The Balaban J connectivity index is 2.96. The van der Waals surface area contributed by atoms with Crippen molar-refractivity contribution in [3.05, 3.63) is 29.3 Å². The molecule has 0 aliphatic rings. The molecule has 0 saturated carbocycles. The van der Waals surface area contributed by atoms with Gasteiger partial charge in [-0.25, -0.2) is 8.78 Å². The molecule has 1 aromatic carbocycles. The number of carbonyl (C=O) groups is 1. The molecule has 2 atom stereocenters. The lowest BCUT2D eigenvalue weighted by molar-refractivity contribution is -0.141. The number of carboxylic acid groups (broad SMARTS) is 1. The van der Waals surface area contributed by atoms with E-state index in [-0.39, 0.29) is 5.56 Å². The minimum Gasteiger partial charge on any atom is -0.503 e. The number of phenolic OH excluding ortho intramolecular Hbond substituents is 1. The summed E-state index contributed by atoms with van der Waals surface area (Å²) in [5, 5.41) is 35.9. The van der Waals surface area contributed by atoms with Gasteiger partial charge in [-0.05, 0) is 17.7 Å². The minimum absolute atomic E-state index is 0.355. The van der Waals surface area contributed by atoms with Crippen LogP contribution in [0.2, 0.25) is 0 Å². The van der Waals surface area contributed by atoms with Gasteiger partial charge in [0.2, 0.25) is 0 Å². The number of halogens is 2. The molecule has 7 heteroatoms. The summed E-state index contributed by atoms with van der Waals surface area (Å²) in [7, 11) is 0. The highest BCUT2D eigenvalue weighted by Gasteiger charge is 2.23. The van der Waals surface area contributed by atoms with Crippen molar-refractivity contribution >= 4 is 5.97 Å². The number of phenols is 1. The van der Waals surface area contributed by atoms with E-state index in [4.69, 9.17) is 10.2 Å². The number of hydrogen-bond acceptors (Lipinski definition) is 4. The number of carboxylic acids is 1. The predicted octanol–water partition coefficient (Wildman–Crippen LogP) is 0.539. The average molecular weight is 248 g/mol. The number of aliphatic hydroxyl groups excluding tert-OH is 2. The van der Waals surface area contributed by atoms with Crippen molar-refractivity contribution < 1.29 is 34.0 Å². The highest BCUT2D eigenvalue weighted by Crippen LogP contribution is 2.27. The molecule has 1 rings (SSSR count). The first-order valence-corrected chi connectivity index (χ1v) is 4.58. The molecule has 0 radical (unpaired) electrons. The van der Waals surface area contributed by atoms with Crippen LogP contribution in [-0.2, 0) is 4.79 Å². The van der Waals surface area contributed by atoms with Crippen LogP contribution in [0.4, 0.5) is 8.78 Å². The number of rotatable bonds is 4. The molecule has 0 fully saturated rings. The normalized spacial score (nSPS) is 14.4. The van der Waals surface area contributed by atoms with Gasteiger partial charge < -0.3 is 20.4 Å². The molecule has 0 saturated heterocycles. The highest BCUT2D eigenvalue weighted by atomic mass is 19.1. The standard InChI is InChI=1S/C10H10F2O5/c11-5-1-4(2-6(12)10(5)17)9(16)7(13)3-8(14)15/h1-2,7,9,13,16-17H,3H2,(H,14,15). The molecule has 94 valence electrons. The molecule has 17 heavy (non-hydrogen) atoms. The van der Waals surface area contributed by atoms with Crippen LogP contribution in [-0.4, -0.2) is 32.5 Å². The molecule has 0 aliphatic carbocycles. The van der Waals surface area contributed by atoms with Gasteiger partial charge in [-0.2, -0.15) is 0 Å². The fourth-order valence-corrected chi connectivity index (χ4v) is 1.27. The van der Waals surface area contributed by atoms with Crippen LogP contribution in [0.5, 0.6) is 5.75 Å². The lowest BCUT2D eigenvalue weighted by atomic mass is 10.0. The lowest BCUT2D eigenvalue weighted by Crippen LogP contribution is -2.22. The third kappa shape index (κ3) is 3.11. The zero-order chi connectivity index (χ0) is 13.2. The van der Waals surface area contributed by atoms with Crippen LogP contribution in [0.25, 0.3) is 0 Å². The highest BCUT2D eigenvalue weighted by molar-refractivity contribution is 5.67. The maximum absolute atomic E-state index is 12.9. The monoisotopic (exact) mass is 248 g/mol. The molecule has 0 aromatic heterocycles. The van der Waals surface area contributed by atoms with E-state index >= 15 is 0 Å². The third-order valence-electron chi connectivity index (χ3n) is 2.13. The molecule has 0 spiro atoms. The second kappa shape index (κ2) is 5.07. The minimum atomic E-state index is -1.75. The van der Waals surface area contributed by atoms with E-state index < -0.39 is 42.0 Å². The molecule has 0 aliphatic heterocycles. The zero-order valence-electron chi connectivity index (χ0n) is 8.47. The Morgan fingerprint density at radius 3 is 2.12 bits per heavy atom. The summed E-state index contributed by atoms with van der Waals surface area (Å²) < 4.78 is 25.9. The molecular weight excluding hydrogens is 238 g/mol. The smallest absolute Gasteiger partial charge is 0.306 e. The fourth-order valence-electron chi connectivity index (χ4n) is 1.27. The maximum Gasteiger partial charge on any atom is 0.306 e. The average Bonchev–Trinajstić information content (AvgIpc) is 2.23. The molecule has 0 bridgehead atoms. The van der Waals surface area contributed by atoms with Crippen LogP contribution < -0.4 is 0 Å². The first-order valence-electron chi connectivity index (χ1n) is 4.58. The summed E-state index contributed by atoms with van der Waals surface area (Å²) in [5.41, 5.74) is -0.355. The van der Waals surface area contributed by atoms with Gasteiger partial charge in [0.1, 0.15) is 6.10 Å². The SMILES string of the molecule is O=C(O)CC(O)C(O)c1cc(F)c(O)c(F)c1. The number of aliphatic hydroxyl groups is 2. The van der Waals surface area contributed by atoms with E-state index in [0.717, 1.165) is 0 Å². The van der Waals surface area contributed by atoms with Crippen molar-refractivity contribution in [2.75, 3.05) is 0 Å².